The Morgan fingerprint density at radius 3 is 2.73 bits per heavy atom. The fourth-order valence-electron chi connectivity index (χ4n) is 1.07. The van der Waals surface area contributed by atoms with Crippen molar-refractivity contribution < 1.29 is 14.3 Å². The maximum absolute atomic E-state index is 11.4. The minimum Gasteiger partial charge on any atom is -0.448 e. The lowest BCUT2D eigenvalue weighted by molar-refractivity contribution is -0.122. The summed E-state index contributed by atoms with van der Waals surface area (Å²) in [5.74, 6) is -0.0171. The molecule has 1 atom stereocenters. The number of amides is 2. The summed E-state index contributed by atoms with van der Waals surface area (Å²) in [4.78, 5) is 21.6. The predicted octanol–water partition coefficient (Wildman–Crippen LogP) is -0.662. The number of nitrogens with one attached hydrogen (secondary N) is 2. The molecule has 1 aliphatic rings. The van der Waals surface area contributed by atoms with Gasteiger partial charge in [-0.2, -0.15) is 0 Å². The quantitative estimate of drug-likeness (QED) is 0.513. The zero-order chi connectivity index (χ0) is 11.3. The van der Waals surface area contributed by atoms with E-state index in [2.05, 4.69) is 15.4 Å². The van der Waals surface area contributed by atoms with Crippen molar-refractivity contribution in [3.63, 3.8) is 0 Å². The van der Waals surface area contributed by atoms with Crippen molar-refractivity contribution in [3.8, 4) is 0 Å². The van der Waals surface area contributed by atoms with Crippen LogP contribution >= 0.6 is 0 Å². The van der Waals surface area contributed by atoms with Gasteiger partial charge in [0.05, 0.1) is 6.04 Å². The second-order valence-corrected chi connectivity index (χ2v) is 3.63. The van der Waals surface area contributed by atoms with Crippen molar-refractivity contribution in [2.75, 3.05) is 13.2 Å². The lowest BCUT2D eigenvalue weighted by Crippen LogP contribution is -2.44. The molecule has 0 heterocycles. The first-order valence-corrected chi connectivity index (χ1v) is 5.05. The zero-order valence-electron chi connectivity index (χ0n) is 8.79. The average molecular weight is 215 g/mol. The third-order valence-electron chi connectivity index (χ3n) is 2.11. The highest BCUT2D eigenvalue weighted by Gasteiger charge is 2.25. The van der Waals surface area contributed by atoms with Crippen LogP contribution in [0.25, 0.3) is 0 Å². The van der Waals surface area contributed by atoms with E-state index in [9.17, 15) is 9.59 Å². The topological polar surface area (TPSA) is 93.4 Å². The predicted molar refractivity (Wildman–Crippen MR) is 54.2 cm³/mol. The highest BCUT2D eigenvalue weighted by molar-refractivity contribution is 5.81. The van der Waals surface area contributed by atoms with Crippen molar-refractivity contribution in [2.24, 2.45) is 5.73 Å². The Balaban J connectivity index is 2.03. The van der Waals surface area contributed by atoms with E-state index in [0.29, 0.717) is 12.6 Å². The Morgan fingerprint density at radius 1 is 1.53 bits per heavy atom. The van der Waals surface area contributed by atoms with Gasteiger partial charge < -0.3 is 21.1 Å². The van der Waals surface area contributed by atoms with Gasteiger partial charge in [0, 0.05) is 12.6 Å². The third-order valence-corrected chi connectivity index (χ3v) is 2.11. The van der Waals surface area contributed by atoms with Crippen molar-refractivity contribution in [1.29, 1.82) is 0 Å². The monoisotopic (exact) mass is 215 g/mol. The molecule has 1 aliphatic carbocycles. The van der Waals surface area contributed by atoms with Crippen LogP contribution in [-0.4, -0.2) is 37.2 Å². The van der Waals surface area contributed by atoms with Crippen LogP contribution in [0.4, 0.5) is 4.79 Å². The van der Waals surface area contributed by atoms with E-state index in [1.807, 2.05) is 0 Å². The number of carbonyl (C=O) groups excluding carboxylic acids is 2. The molecule has 1 rings (SSSR count). The molecule has 0 aromatic carbocycles. The molecule has 0 aliphatic heterocycles. The van der Waals surface area contributed by atoms with E-state index in [1.165, 1.54) is 0 Å². The second kappa shape index (κ2) is 5.55. The van der Waals surface area contributed by atoms with Gasteiger partial charge in [0.2, 0.25) is 5.91 Å². The van der Waals surface area contributed by atoms with Crippen molar-refractivity contribution in [2.45, 2.75) is 31.8 Å². The molecule has 86 valence electrons. The van der Waals surface area contributed by atoms with Gasteiger partial charge in [0.15, 0.2) is 0 Å². The molecule has 6 heteroatoms. The number of rotatable bonds is 6. The molecule has 1 unspecified atom stereocenters. The smallest absolute Gasteiger partial charge is 0.404 e. The molecule has 0 radical (unpaired) electrons. The summed E-state index contributed by atoms with van der Waals surface area (Å²) in [6, 6.07) is 0.0886. The minimum atomic E-state index is -0.799. The molecule has 0 saturated heterocycles. The average Bonchev–Trinajstić information content (AvgIpc) is 2.95. The zero-order valence-corrected chi connectivity index (χ0v) is 8.79. The van der Waals surface area contributed by atoms with Gasteiger partial charge in [-0.05, 0) is 19.8 Å². The van der Waals surface area contributed by atoms with Gasteiger partial charge in [0.25, 0.3) is 0 Å². The first kappa shape index (κ1) is 11.8. The van der Waals surface area contributed by atoms with Crippen LogP contribution in [0.15, 0.2) is 0 Å². The standard InChI is InChI=1S/C9H17N3O3/c1-6(8(13)12-7-2-3-7)11-4-5-15-9(10)14/h6-7,11H,2-5H2,1H3,(H2,10,14)(H,12,13). The molecular formula is C9H17N3O3. The van der Waals surface area contributed by atoms with Gasteiger partial charge in [-0.1, -0.05) is 0 Å². The summed E-state index contributed by atoms with van der Waals surface area (Å²) in [6.07, 6.45) is 1.35. The third kappa shape index (κ3) is 5.21. The number of carbonyl (C=O) groups is 2. The molecular weight excluding hydrogens is 198 g/mol. The Labute approximate surface area is 88.5 Å². The van der Waals surface area contributed by atoms with Gasteiger partial charge in [-0.15, -0.1) is 0 Å². The van der Waals surface area contributed by atoms with Gasteiger partial charge in [0.1, 0.15) is 6.61 Å². The van der Waals surface area contributed by atoms with E-state index < -0.39 is 6.09 Å². The molecule has 0 aromatic rings. The lowest BCUT2D eigenvalue weighted by Gasteiger charge is -2.13. The largest absolute Gasteiger partial charge is 0.448 e. The summed E-state index contributed by atoms with van der Waals surface area (Å²) < 4.78 is 4.51. The van der Waals surface area contributed by atoms with Crippen molar-refractivity contribution >= 4 is 12.0 Å². The summed E-state index contributed by atoms with van der Waals surface area (Å²) >= 11 is 0. The highest BCUT2D eigenvalue weighted by Crippen LogP contribution is 2.18. The van der Waals surface area contributed by atoms with Crippen LogP contribution in [0.2, 0.25) is 0 Å². The van der Waals surface area contributed by atoms with Gasteiger partial charge in [-0.3, -0.25) is 4.79 Å². The van der Waals surface area contributed by atoms with Crippen LogP contribution in [0.5, 0.6) is 0 Å². The molecule has 15 heavy (non-hydrogen) atoms. The number of hydrogen-bond donors (Lipinski definition) is 3. The van der Waals surface area contributed by atoms with Crippen LogP contribution in [0.1, 0.15) is 19.8 Å². The van der Waals surface area contributed by atoms with E-state index in [0.717, 1.165) is 12.8 Å². The summed E-state index contributed by atoms with van der Waals surface area (Å²) in [5.41, 5.74) is 4.78. The van der Waals surface area contributed by atoms with E-state index in [4.69, 9.17) is 5.73 Å². The molecule has 4 N–H and O–H groups in total. The maximum Gasteiger partial charge on any atom is 0.404 e. The lowest BCUT2D eigenvalue weighted by atomic mass is 10.3. The van der Waals surface area contributed by atoms with Gasteiger partial charge in [-0.25, -0.2) is 4.79 Å². The molecule has 0 spiro atoms. The summed E-state index contributed by atoms with van der Waals surface area (Å²) in [7, 11) is 0. The molecule has 1 saturated carbocycles. The Hall–Kier alpha value is -1.30. The number of ether oxygens (including phenoxy) is 1. The van der Waals surface area contributed by atoms with Crippen LogP contribution in [0.3, 0.4) is 0 Å². The first-order valence-electron chi connectivity index (χ1n) is 5.05. The minimum absolute atomic E-state index is 0.0171. The van der Waals surface area contributed by atoms with Crippen LogP contribution < -0.4 is 16.4 Å². The van der Waals surface area contributed by atoms with Crippen LogP contribution in [-0.2, 0) is 9.53 Å². The van der Waals surface area contributed by atoms with E-state index in [1.54, 1.807) is 6.92 Å². The van der Waals surface area contributed by atoms with Gasteiger partial charge >= 0.3 is 6.09 Å². The normalized spacial score (nSPS) is 16.9. The highest BCUT2D eigenvalue weighted by atomic mass is 16.5. The number of primary amides is 1. The molecule has 1 fully saturated rings. The van der Waals surface area contributed by atoms with Crippen molar-refractivity contribution in [1.82, 2.24) is 10.6 Å². The SMILES string of the molecule is CC(NCCOC(N)=O)C(=O)NC1CC1. The molecule has 6 nitrogen and oxygen atoms in total. The Morgan fingerprint density at radius 2 is 2.20 bits per heavy atom. The van der Waals surface area contributed by atoms with E-state index >= 15 is 0 Å². The number of nitrogens with two attached hydrogens (primary N) is 1. The van der Waals surface area contributed by atoms with Crippen LogP contribution in [0, 0.1) is 0 Å². The maximum atomic E-state index is 11.4. The Bertz CT molecular complexity index is 241. The fraction of sp³-hybridized carbons (Fsp3) is 0.778. The van der Waals surface area contributed by atoms with E-state index in [-0.39, 0.29) is 18.6 Å². The first-order chi connectivity index (χ1) is 7.09. The molecule has 2 amide bonds. The summed E-state index contributed by atoms with van der Waals surface area (Å²) in [5, 5.41) is 5.80. The second-order valence-electron chi connectivity index (χ2n) is 3.63. The Kier molecular flexibility index (Phi) is 4.36. The molecule has 0 bridgehead atoms. The molecule has 0 aromatic heterocycles. The fourth-order valence-corrected chi connectivity index (χ4v) is 1.07. The number of hydrogen-bond acceptors (Lipinski definition) is 4. The van der Waals surface area contributed by atoms with Crippen molar-refractivity contribution in [3.05, 3.63) is 0 Å². The summed E-state index contributed by atoms with van der Waals surface area (Å²) in [6.45, 7) is 2.36.